The summed E-state index contributed by atoms with van der Waals surface area (Å²) in [5.74, 6) is 0.447. The van der Waals surface area contributed by atoms with Gasteiger partial charge in [-0.1, -0.05) is 48.3 Å². The molecule has 0 amide bonds. The molecule has 3 aromatic rings. The summed E-state index contributed by atoms with van der Waals surface area (Å²) in [6.45, 7) is 2.58. The predicted molar refractivity (Wildman–Crippen MR) is 116 cm³/mol. The minimum atomic E-state index is -0.535. The van der Waals surface area contributed by atoms with Crippen LogP contribution in [0, 0.1) is 11.3 Å². The van der Waals surface area contributed by atoms with Crippen molar-refractivity contribution in [3.05, 3.63) is 75.1 Å². The van der Waals surface area contributed by atoms with Gasteiger partial charge in [0.15, 0.2) is 0 Å². The Labute approximate surface area is 183 Å². The molecule has 0 radical (unpaired) electrons. The first-order valence-electron chi connectivity index (χ1n) is 9.38. The Morgan fingerprint density at radius 3 is 2.80 bits per heavy atom. The van der Waals surface area contributed by atoms with Crippen molar-refractivity contribution in [1.29, 1.82) is 5.26 Å². The summed E-state index contributed by atoms with van der Waals surface area (Å²) in [6.07, 6.45) is 0.855. The fourth-order valence-electron chi connectivity index (χ4n) is 3.52. The molecule has 0 spiro atoms. The minimum Gasteiger partial charge on any atom is -0.493 e. The molecule has 1 aliphatic rings. The molecule has 6 nitrogen and oxygen atoms in total. The van der Waals surface area contributed by atoms with Crippen LogP contribution >= 0.6 is 23.2 Å². The largest absolute Gasteiger partial charge is 0.493 e. The molecule has 152 valence electrons. The highest BCUT2D eigenvalue weighted by Crippen LogP contribution is 2.48. The van der Waals surface area contributed by atoms with Crippen molar-refractivity contribution in [3.63, 3.8) is 0 Å². The summed E-state index contributed by atoms with van der Waals surface area (Å²) in [5, 5.41) is 18.1. The molecule has 0 unspecified atom stereocenters. The van der Waals surface area contributed by atoms with E-state index in [1.54, 1.807) is 18.2 Å². The lowest BCUT2D eigenvalue weighted by Gasteiger charge is -2.25. The second-order valence-corrected chi connectivity index (χ2v) is 7.60. The van der Waals surface area contributed by atoms with Gasteiger partial charge in [-0.05, 0) is 30.7 Å². The van der Waals surface area contributed by atoms with E-state index < -0.39 is 5.92 Å². The van der Waals surface area contributed by atoms with Crippen LogP contribution in [0.5, 0.6) is 11.6 Å². The van der Waals surface area contributed by atoms with Crippen molar-refractivity contribution in [1.82, 2.24) is 10.2 Å². The molecule has 3 N–H and O–H groups in total. The highest BCUT2D eigenvalue weighted by atomic mass is 35.5. The van der Waals surface area contributed by atoms with Crippen LogP contribution in [0.2, 0.25) is 10.0 Å². The molecule has 0 saturated heterocycles. The maximum absolute atomic E-state index is 9.89. The Balaban J connectivity index is 1.95. The number of allylic oxidation sites excluding steroid dienone is 1. The number of para-hydroxylation sites is 1. The normalized spacial score (nSPS) is 15.3. The number of aromatic amines is 1. The van der Waals surface area contributed by atoms with E-state index in [0.717, 1.165) is 12.0 Å². The average Bonchev–Trinajstić information content (AvgIpc) is 3.14. The number of H-pyrrole nitrogens is 1. The van der Waals surface area contributed by atoms with Crippen molar-refractivity contribution < 1.29 is 9.47 Å². The van der Waals surface area contributed by atoms with Crippen LogP contribution in [0.3, 0.4) is 0 Å². The fraction of sp³-hybridized carbons (Fsp3) is 0.182. The van der Waals surface area contributed by atoms with Gasteiger partial charge in [0.05, 0.1) is 28.8 Å². The third-order valence-corrected chi connectivity index (χ3v) is 5.38. The highest BCUT2D eigenvalue weighted by Gasteiger charge is 2.37. The van der Waals surface area contributed by atoms with E-state index in [4.69, 9.17) is 38.4 Å². The number of nitrogens with one attached hydrogen (secondary N) is 1. The zero-order valence-corrected chi connectivity index (χ0v) is 17.6. The Hall–Kier alpha value is -3.14. The van der Waals surface area contributed by atoms with E-state index in [1.807, 2.05) is 31.2 Å². The monoisotopic (exact) mass is 440 g/mol. The van der Waals surface area contributed by atoms with Gasteiger partial charge in [-0.2, -0.15) is 5.26 Å². The summed E-state index contributed by atoms with van der Waals surface area (Å²) in [6, 6.07) is 14.9. The Kier molecular flexibility index (Phi) is 5.58. The van der Waals surface area contributed by atoms with Crippen LogP contribution in [-0.2, 0) is 0 Å². The van der Waals surface area contributed by atoms with Gasteiger partial charge < -0.3 is 15.2 Å². The Morgan fingerprint density at radius 2 is 2.07 bits per heavy atom. The van der Waals surface area contributed by atoms with Crippen LogP contribution in [0.25, 0.3) is 11.3 Å². The molecule has 30 heavy (non-hydrogen) atoms. The molecule has 0 saturated carbocycles. The van der Waals surface area contributed by atoms with E-state index >= 15 is 0 Å². The van der Waals surface area contributed by atoms with Gasteiger partial charge in [-0.3, -0.25) is 5.10 Å². The molecule has 4 rings (SSSR count). The van der Waals surface area contributed by atoms with Gasteiger partial charge in [0.25, 0.3) is 0 Å². The maximum atomic E-state index is 9.89. The van der Waals surface area contributed by atoms with E-state index in [0.29, 0.717) is 45.1 Å². The summed E-state index contributed by atoms with van der Waals surface area (Å²) in [5.41, 5.74) is 9.13. The average molecular weight is 441 g/mol. The van der Waals surface area contributed by atoms with Gasteiger partial charge in [0, 0.05) is 16.1 Å². The SMILES string of the molecule is CCCOc1ccccc1[C@H]1C(C#N)=C(N)Oc2n[nH]c(-c3ccc(Cl)cc3Cl)c21. The number of halogens is 2. The number of nitrogens with two attached hydrogens (primary N) is 1. The van der Waals surface area contributed by atoms with Gasteiger partial charge in [0.1, 0.15) is 17.4 Å². The van der Waals surface area contributed by atoms with Gasteiger partial charge in [-0.15, -0.1) is 5.10 Å². The topological polar surface area (TPSA) is 96.9 Å². The number of hydrogen-bond donors (Lipinski definition) is 2. The first-order chi connectivity index (χ1) is 14.5. The zero-order chi connectivity index (χ0) is 21.3. The second kappa shape index (κ2) is 8.31. The molecule has 0 aliphatic carbocycles. The van der Waals surface area contributed by atoms with Crippen molar-refractivity contribution in [3.8, 4) is 29.0 Å². The number of nitriles is 1. The van der Waals surface area contributed by atoms with Crippen LogP contribution in [0.1, 0.15) is 30.4 Å². The quantitative estimate of drug-likeness (QED) is 0.553. The molecule has 0 fully saturated rings. The van der Waals surface area contributed by atoms with Crippen molar-refractivity contribution in [2.45, 2.75) is 19.3 Å². The summed E-state index contributed by atoms with van der Waals surface area (Å²) >= 11 is 12.5. The number of fused-ring (bicyclic) bond motifs is 1. The van der Waals surface area contributed by atoms with E-state index in [9.17, 15) is 5.26 Å². The maximum Gasteiger partial charge on any atom is 0.244 e. The third-order valence-electron chi connectivity index (χ3n) is 4.83. The lowest BCUT2D eigenvalue weighted by atomic mass is 9.82. The molecule has 0 bridgehead atoms. The molecular formula is C22H18Cl2N4O2. The summed E-state index contributed by atoms with van der Waals surface area (Å²) in [7, 11) is 0. The smallest absolute Gasteiger partial charge is 0.244 e. The molecule has 2 aromatic carbocycles. The molecule has 8 heteroatoms. The van der Waals surface area contributed by atoms with Gasteiger partial charge in [-0.25, -0.2) is 0 Å². The van der Waals surface area contributed by atoms with Crippen LogP contribution in [-0.4, -0.2) is 16.8 Å². The number of nitrogens with zero attached hydrogens (tertiary/aromatic N) is 2. The van der Waals surface area contributed by atoms with Crippen LogP contribution in [0.4, 0.5) is 0 Å². The Bertz CT molecular complexity index is 1180. The molecule has 1 aliphatic heterocycles. The Morgan fingerprint density at radius 1 is 1.27 bits per heavy atom. The number of benzene rings is 2. The number of aromatic nitrogens is 2. The minimum absolute atomic E-state index is 0.0144. The fourth-order valence-corrected chi connectivity index (χ4v) is 4.02. The van der Waals surface area contributed by atoms with Gasteiger partial charge in [0.2, 0.25) is 11.8 Å². The van der Waals surface area contributed by atoms with Gasteiger partial charge >= 0.3 is 0 Å². The van der Waals surface area contributed by atoms with E-state index in [1.165, 1.54) is 0 Å². The second-order valence-electron chi connectivity index (χ2n) is 6.75. The lowest BCUT2D eigenvalue weighted by Crippen LogP contribution is -2.21. The standard InChI is InChI=1S/C22H18Cl2N4O2/c1-2-9-29-17-6-4-3-5-14(17)18-15(11-25)21(26)30-22-19(18)20(27-28-22)13-8-7-12(23)10-16(13)24/h3-8,10,18H,2,9,26H2,1H3,(H,27,28)/t18-/m0/s1. The first kappa shape index (κ1) is 20.1. The predicted octanol–water partition coefficient (Wildman–Crippen LogP) is 5.39. The summed E-state index contributed by atoms with van der Waals surface area (Å²) in [4.78, 5) is 0. The number of rotatable bonds is 5. The lowest BCUT2D eigenvalue weighted by molar-refractivity contribution is 0.312. The number of hydrogen-bond acceptors (Lipinski definition) is 5. The molecule has 2 heterocycles. The third kappa shape index (κ3) is 3.47. The van der Waals surface area contributed by atoms with Crippen molar-refractivity contribution >= 4 is 23.2 Å². The summed E-state index contributed by atoms with van der Waals surface area (Å²) < 4.78 is 11.6. The molecule has 1 atom stereocenters. The highest BCUT2D eigenvalue weighted by molar-refractivity contribution is 6.36. The first-order valence-corrected chi connectivity index (χ1v) is 10.1. The zero-order valence-electron chi connectivity index (χ0n) is 16.1. The van der Waals surface area contributed by atoms with Crippen molar-refractivity contribution in [2.75, 3.05) is 6.61 Å². The van der Waals surface area contributed by atoms with Crippen LogP contribution < -0.4 is 15.2 Å². The molecule has 1 aromatic heterocycles. The number of ether oxygens (including phenoxy) is 2. The molecular weight excluding hydrogens is 423 g/mol. The van der Waals surface area contributed by atoms with Crippen LogP contribution in [0.15, 0.2) is 53.9 Å². The van der Waals surface area contributed by atoms with E-state index in [-0.39, 0.29) is 11.5 Å². The van der Waals surface area contributed by atoms with Crippen molar-refractivity contribution in [2.24, 2.45) is 5.73 Å². The van der Waals surface area contributed by atoms with E-state index in [2.05, 4.69) is 16.3 Å².